The molecule has 2 aromatic rings. The molecule has 2 aromatic carbocycles. The smallest absolute Gasteiger partial charge is 0.319 e. The zero-order valence-corrected chi connectivity index (χ0v) is 14.6. The van der Waals surface area contributed by atoms with Crippen LogP contribution in [0.4, 0.5) is 10.5 Å². The number of carbonyl (C=O) groups excluding carboxylic acids is 1. The van der Waals surface area contributed by atoms with E-state index in [4.69, 9.17) is 14.2 Å². The van der Waals surface area contributed by atoms with Crippen molar-refractivity contribution in [3.8, 4) is 17.2 Å². The SMILES string of the molecule is COc1cccc(NC(=O)NC(C)(C)c2ccc3c(c2)OCCO3)c1. The maximum Gasteiger partial charge on any atom is 0.319 e. The highest BCUT2D eigenvalue weighted by molar-refractivity contribution is 5.90. The summed E-state index contributed by atoms with van der Waals surface area (Å²) in [5, 5.41) is 5.80. The molecule has 0 atom stereocenters. The summed E-state index contributed by atoms with van der Waals surface area (Å²) in [4.78, 5) is 12.4. The van der Waals surface area contributed by atoms with E-state index in [-0.39, 0.29) is 6.03 Å². The van der Waals surface area contributed by atoms with E-state index in [2.05, 4.69) is 10.6 Å². The van der Waals surface area contributed by atoms with Crippen molar-refractivity contribution in [1.29, 1.82) is 0 Å². The zero-order chi connectivity index (χ0) is 17.9. The highest BCUT2D eigenvalue weighted by Crippen LogP contribution is 2.34. The lowest BCUT2D eigenvalue weighted by atomic mass is 9.94. The number of fused-ring (bicyclic) bond motifs is 1. The van der Waals surface area contributed by atoms with Gasteiger partial charge in [-0.15, -0.1) is 0 Å². The Balaban J connectivity index is 1.70. The molecule has 2 amide bonds. The summed E-state index contributed by atoms with van der Waals surface area (Å²) in [6.07, 6.45) is 0. The quantitative estimate of drug-likeness (QED) is 0.892. The third-order valence-electron chi connectivity index (χ3n) is 4.02. The summed E-state index contributed by atoms with van der Waals surface area (Å²) in [6, 6.07) is 12.6. The molecule has 6 heteroatoms. The van der Waals surface area contributed by atoms with Crippen LogP contribution in [0.25, 0.3) is 0 Å². The lowest BCUT2D eigenvalue weighted by molar-refractivity contribution is 0.171. The van der Waals surface area contributed by atoms with Crippen LogP contribution in [-0.4, -0.2) is 26.4 Å². The fraction of sp³-hybridized carbons (Fsp3) is 0.316. The van der Waals surface area contributed by atoms with Crippen LogP contribution in [0.5, 0.6) is 17.2 Å². The molecule has 0 aromatic heterocycles. The Bertz CT molecular complexity index is 774. The van der Waals surface area contributed by atoms with Gasteiger partial charge in [0.15, 0.2) is 11.5 Å². The molecule has 1 aliphatic heterocycles. The average molecular weight is 342 g/mol. The third-order valence-corrected chi connectivity index (χ3v) is 4.02. The van der Waals surface area contributed by atoms with Gasteiger partial charge in [0.25, 0.3) is 0 Å². The van der Waals surface area contributed by atoms with Crippen molar-refractivity contribution in [2.45, 2.75) is 19.4 Å². The number of methoxy groups -OCH3 is 1. The van der Waals surface area contributed by atoms with E-state index in [1.165, 1.54) is 0 Å². The number of nitrogens with one attached hydrogen (secondary N) is 2. The molecular weight excluding hydrogens is 320 g/mol. The molecule has 0 aliphatic carbocycles. The summed E-state index contributed by atoms with van der Waals surface area (Å²) >= 11 is 0. The van der Waals surface area contributed by atoms with Gasteiger partial charge in [-0.2, -0.15) is 0 Å². The number of urea groups is 1. The molecule has 0 unspecified atom stereocenters. The Kier molecular flexibility index (Phi) is 4.70. The number of rotatable bonds is 4. The fourth-order valence-corrected chi connectivity index (χ4v) is 2.65. The predicted molar refractivity (Wildman–Crippen MR) is 95.6 cm³/mol. The lowest BCUT2D eigenvalue weighted by Gasteiger charge is -2.28. The summed E-state index contributed by atoms with van der Waals surface area (Å²) < 4.78 is 16.3. The van der Waals surface area contributed by atoms with Crippen LogP contribution in [0, 0.1) is 0 Å². The lowest BCUT2D eigenvalue weighted by Crippen LogP contribution is -2.43. The number of ether oxygens (including phenoxy) is 3. The van der Waals surface area contributed by atoms with Gasteiger partial charge in [0.2, 0.25) is 0 Å². The molecule has 0 fully saturated rings. The largest absolute Gasteiger partial charge is 0.497 e. The van der Waals surface area contributed by atoms with E-state index < -0.39 is 5.54 Å². The molecule has 0 radical (unpaired) electrons. The highest BCUT2D eigenvalue weighted by atomic mass is 16.6. The second kappa shape index (κ2) is 6.93. The molecule has 1 aliphatic rings. The maximum absolute atomic E-state index is 12.4. The number of benzene rings is 2. The molecule has 0 bridgehead atoms. The number of amides is 2. The molecule has 0 saturated heterocycles. The number of carbonyl (C=O) groups is 1. The van der Waals surface area contributed by atoms with Crippen molar-refractivity contribution in [2.75, 3.05) is 25.6 Å². The van der Waals surface area contributed by atoms with E-state index in [1.807, 2.05) is 44.2 Å². The molecule has 2 N–H and O–H groups in total. The van der Waals surface area contributed by atoms with Crippen LogP contribution in [0.3, 0.4) is 0 Å². The van der Waals surface area contributed by atoms with Crippen LogP contribution in [-0.2, 0) is 5.54 Å². The standard InChI is InChI=1S/C19H22N2O4/c1-19(2,13-7-8-16-17(11-13)25-10-9-24-16)21-18(22)20-14-5-4-6-15(12-14)23-3/h4-8,11-12H,9-10H2,1-3H3,(H2,20,21,22). The average Bonchev–Trinajstić information content (AvgIpc) is 2.61. The first-order chi connectivity index (χ1) is 12.0. The Morgan fingerprint density at radius 1 is 1.08 bits per heavy atom. The normalized spacial score (nSPS) is 13.1. The van der Waals surface area contributed by atoms with Crippen LogP contribution >= 0.6 is 0 Å². The Morgan fingerprint density at radius 2 is 1.84 bits per heavy atom. The van der Waals surface area contributed by atoms with E-state index in [0.717, 1.165) is 11.3 Å². The second-order valence-corrected chi connectivity index (χ2v) is 6.29. The van der Waals surface area contributed by atoms with Crippen molar-refractivity contribution in [3.05, 3.63) is 48.0 Å². The van der Waals surface area contributed by atoms with Crippen LogP contribution < -0.4 is 24.8 Å². The van der Waals surface area contributed by atoms with Crippen LogP contribution in [0.2, 0.25) is 0 Å². The first kappa shape index (κ1) is 17.0. The van der Waals surface area contributed by atoms with Gasteiger partial charge in [-0.05, 0) is 43.7 Å². The van der Waals surface area contributed by atoms with Crippen molar-refractivity contribution in [1.82, 2.24) is 5.32 Å². The van der Waals surface area contributed by atoms with Crippen molar-refractivity contribution < 1.29 is 19.0 Å². The number of hydrogen-bond donors (Lipinski definition) is 2. The fourth-order valence-electron chi connectivity index (χ4n) is 2.65. The molecule has 1 heterocycles. The minimum absolute atomic E-state index is 0.298. The molecule has 132 valence electrons. The van der Waals surface area contributed by atoms with Gasteiger partial charge in [0.05, 0.1) is 12.6 Å². The minimum Gasteiger partial charge on any atom is -0.497 e. The van der Waals surface area contributed by atoms with Gasteiger partial charge in [-0.25, -0.2) is 4.79 Å². The summed E-state index contributed by atoms with van der Waals surface area (Å²) in [5.74, 6) is 2.11. The van der Waals surface area contributed by atoms with Gasteiger partial charge in [0, 0.05) is 11.8 Å². The van der Waals surface area contributed by atoms with Crippen molar-refractivity contribution >= 4 is 11.7 Å². The van der Waals surface area contributed by atoms with E-state index >= 15 is 0 Å². The van der Waals surface area contributed by atoms with Crippen molar-refractivity contribution in [3.63, 3.8) is 0 Å². The maximum atomic E-state index is 12.4. The van der Waals surface area contributed by atoms with E-state index in [9.17, 15) is 4.79 Å². The van der Waals surface area contributed by atoms with E-state index in [0.29, 0.717) is 30.4 Å². The molecule has 0 saturated carbocycles. The summed E-state index contributed by atoms with van der Waals surface area (Å²) in [7, 11) is 1.59. The van der Waals surface area contributed by atoms with Gasteiger partial charge in [-0.1, -0.05) is 12.1 Å². The predicted octanol–water partition coefficient (Wildman–Crippen LogP) is 3.52. The molecule has 6 nitrogen and oxygen atoms in total. The first-order valence-electron chi connectivity index (χ1n) is 8.11. The van der Waals surface area contributed by atoms with Crippen LogP contribution in [0.1, 0.15) is 19.4 Å². The number of hydrogen-bond acceptors (Lipinski definition) is 4. The summed E-state index contributed by atoms with van der Waals surface area (Å²) in [6.45, 7) is 4.95. The van der Waals surface area contributed by atoms with Gasteiger partial charge >= 0.3 is 6.03 Å². The Hall–Kier alpha value is -2.89. The highest BCUT2D eigenvalue weighted by Gasteiger charge is 2.25. The van der Waals surface area contributed by atoms with Gasteiger partial charge in [-0.3, -0.25) is 0 Å². The third kappa shape index (κ3) is 3.96. The molecule has 0 spiro atoms. The van der Waals surface area contributed by atoms with Crippen molar-refractivity contribution in [2.24, 2.45) is 0 Å². The minimum atomic E-state index is -0.585. The molecule has 25 heavy (non-hydrogen) atoms. The van der Waals surface area contributed by atoms with E-state index in [1.54, 1.807) is 19.2 Å². The van der Waals surface area contributed by atoms with Gasteiger partial charge < -0.3 is 24.8 Å². The van der Waals surface area contributed by atoms with Crippen LogP contribution in [0.15, 0.2) is 42.5 Å². The van der Waals surface area contributed by atoms with Gasteiger partial charge in [0.1, 0.15) is 19.0 Å². The second-order valence-electron chi connectivity index (χ2n) is 6.29. The molecular formula is C19H22N2O4. The number of anilines is 1. The molecule has 3 rings (SSSR count). The first-order valence-corrected chi connectivity index (χ1v) is 8.11. The summed E-state index contributed by atoms with van der Waals surface area (Å²) in [5.41, 5.74) is 1.01. The Labute approximate surface area is 147 Å². The monoisotopic (exact) mass is 342 g/mol. The Morgan fingerprint density at radius 3 is 2.60 bits per heavy atom. The topological polar surface area (TPSA) is 68.8 Å². The zero-order valence-electron chi connectivity index (χ0n) is 14.6.